The van der Waals surface area contributed by atoms with E-state index in [1.165, 1.54) is 0 Å². The first-order valence-corrected chi connectivity index (χ1v) is 8.83. The third-order valence-electron chi connectivity index (χ3n) is 4.49. The van der Waals surface area contributed by atoms with Crippen molar-refractivity contribution >= 4 is 34.4 Å². The van der Waals surface area contributed by atoms with Crippen molar-refractivity contribution in [1.82, 2.24) is 9.55 Å². The van der Waals surface area contributed by atoms with Crippen molar-refractivity contribution < 1.29 is 0 Å². The first-order chi connectivity index (χ1) is 12.6. The molecular formula is C22H18ClN3. The Bertz CT molecular complexity index is 1110. The fourth-order valence-corrected chi connectivity index (χ4v) is 3.32. The molecule has 4 heteroatoms. The number of aromatic nitrogens is 2. The fourth-order valence-electron chi connectivity index (χ4n) is 3.19. The highest BCUT2D eigenvalue weighted by atomic mass is 35.5. The van der Waals surface area contributed by atoms with Crippen LogP contribution in [0.15, 0.2) is 71.9 Å². The first-order valence-electron chi connectivity index (χ1n) is 8.45. The number of benzene rings is 2. The Labute approximate surface area is 157 Å². The Morgan fingerprint density at radius 1 is 1.00 bits per heavy atom. The summed E-state index contributed by atoms with van der Waals surface area (Å²) < 4.78 is 2.21. The minimum atomic E-state index is 0.740. The van der Waals surface area contributed by atoms with Gasteiger partial charge in [-0.3, -0.25) is 9.98 Å². The number of nitrogens with zero attached hydrogens (tertiary/aromatic N) is 3. The SMILES string of the molecule is Cc1cc(C=Nc2ccc3ncccc3c2)c(C)n1-c1ccc(Cl)cc1. The average Bonchev–Trinajstić information content (AvgIpc) is 2.94. The van der Waals surface area contributed by atoms with Gasteiger partial charge in [0.25, 0.3) is 0 Å². The Balaban J connectivity index is 1.68. The van der Waals surface area contributed by atoms with Gasteiger partial charge in [0.05, 0.1) is 11.2 Å². The second kappa shape index (κ2) is 6.77. The van der Waals surface area contributed by atoms with E-state index in [0.717, 1.165) is 44.3 Å². The van der Waals surface area contributed by atoms with E-state index in [9.17, 15) is 0 Å². The molecule has 0 bridgehead atoms. The number of hydrogen-bond acceptors (Lipinski definition) is 2. The highest BCUT2D eigenvalue weighted by Gasteiger charge is 2.09. The van der Waals surface area contributed by atoms with E-state index in [4.69, 9.17) is 11.6 Å². The average molecular weight is 360 g/mol. The van der Waals surface area contributed by atoms with Gasteiger partial charge in [0, 0.05) is 45.5 Å². The lowest BCUT2D eigenvalue weighted by Crippen LogP contribution is -1.99. The summed E-state index contributed by atoms with van der Waals surface area (Å²) in [5, 5.41) is 1.83. The van der Waals surface area contributed by atoms with Crippen LogP contribution in [-0.4, -0.2) is 15.8 Å². The zero-order valence-electron chi connectivity index (χ0n) is 14.6. The molecule has 0 radical (unpaired) electrons. The normalized spacial score (nSPS) is 11.5. The van der Waals surface area contributed by atoms with Crippen molar-refractivity contribution in [1.29, 1.82) is 0 Å². The standard InChI is InChI=1S/C22H18ClN3/c1-15-12-18(16(2)26(15)21-8-5-19(23)6-9-21)14-25-20-7-10-22-17(13-20)4-3-11-24-22/h3-14H,1-2H3. The summed E-state index contributed by atoms with van der Waals surface area (Å²) in [4.78, 5) is 9.01. The third-order valence-corrected chi connectivity index (χ3v) is 4.75. The molecule has 0 aliphatic carbocycles. The van der Waals surface area contributed by atoms with Crippen molar-refractivity contribution in [3.05, 3.63) is 88.8 Å². The predicted octanol–water partition coefficient (Wildman–Crippen LogP) is 6.05. The van der Waals surface area contributed by atoms with Crippen LogP contribution in [0, 0.1) is 13.8 Å². The van der Waals surface area contributed by atoms with E-state index in [0.29, 0.717) is 0 Å². The molecule has 0 fully saturated rings. The molecule has 3 nitrogen and oxygen atoms in total. The molecule has 0 aliphatic heterocycles. The number of halogens is 1. The summed E-state index contributed by atoms with van der Waals surface area (Å²) >= 11 is 6.01. The Morgan fingerprint density at radius 3 is 2.62 bits per heavy atom. The van der Waals surface area contributed by atoms with Crippen molar-refractivity contribution in [3.63, 3.8) is 0 Å². The zero-order valence-corrected chi connectivity index (χ0v) is 15.4. The molecule has 128 valence electrons. The number of pyridine rings is 1. The molecule has 0 unspecified atom stereocenters. The molecule has 0 atom stereocenters. The second-order valence-corrected chi connectivity index (χ2v) is 6.71. The molecular weight excluding hydrogens is 342 g/mol. The molecule has 0 saturated heterocycles. The van der Waals surface area contributed by atoms with Crippen LogP contribution >= 0.6 is 11.6 Å². The number of fused-ring (bicyclic) bond motifs is 1. The highest BCUT2D eigenvalue weighted by Crippen LogP contribution is 2.23. The summed E-state index contributed by atoms with van der Waals surface area (Å²) in [6.07, 6.45) is 3.73. The van der Waals surface area contributed by atoms with Crippen LogP contribution in [0.4, 0.5) is 5.69 Å². The Morgan fingerprint density at radius 2 is 1.81 bits per heavy atom. The fraction of sp³-hybridized carbons (Fsp3) is 0.0909. The van der Waals surface area contributed by atoms with Crippen molar-refractivity contribution in [2.45, 2.75) is 13.8 Å². The van der Waals surface area contributed by atoms with Crippen molar-refractivity contribution in [3.8, 4) is 5.69 Å². The van der Waals surface area contributed by atoms with Gasteiger partial charge in [-0.05, 0) is 68.4 Å². The summed E-state index contributed by atoms with van der Waals surface area (Å²) in [6.45, 7) is 4.20. The predicted molar refractivity (Wildman–Crippen MR) is 109 cm³/mol. The van der Waals surface area contributed by atoms with Gasteiger partial charge >= 0.3 is 0 Å². The molecule has 2 aromatic heterocycles. The van der Waals surface area contributed by atoms with Gasteiger partial charge in [0.1, 0.15) is 0 Å². The largest absolute Gasteiger partial charge is 0.318 e. The van der Waals surface area contributed by atoms with Crippen molar-refractivity contribution in [2.24, 2.45) is 4.99 Å². The number of aryl methyl sites for hydroxylation is 1. The summed E-state index contributed by atoms with van der Waals surface area (Å²) in [5.41, 5.74) is 6.41. The number of rotatable bonds is 3. The van der Waals surface area contributed by atoms with Crippen LogP contribution in [0.1, 0.15) is 17.0 Å². The molecule has 0 N–H and O–H groups in total. The van der Waals surface area contributed by atoms with Crippen LogP contribution < -0.4 is 0 Å². The van der Waals surface area contributed by atoms with Crippen LogP contribution in [0.25, 0.3) is 16.6 Å². The van der Waals surface area contributed by atoms with Crippen LogP contribution in [0.3, 0.4) is 0 Å². The minimum Gasteiger partial charge on any atom is -0.318 e. The van der Waals surface area contributed by atoms with Gasteiger partial charge < -0.3 is 4.57 Å². The molecule has 0 spiro atoms. The molecule has 4 aromatic rings. The molecule has 2 aromatic carbocycles. The van der Waals surface area contributed by atoms with E-state index >= 15 is 0 Å². The molecule has 0 aliphatic rings. The van der Waals surface area contributed by atoms with E-state index in [1.54, 1.807) is 6.20 Å². The molecule has 26 heavy (non-hydrogen) atoms. The maximum Gasteiger partial charge on any atom is 0.0703 e. The van der Waals surface area contributed by atoms with Gasteiger partial charge in [-0.2, -0.15) is 0 Å². The van der Waals surface area contributed by atoms with E-state index in [2.05, 4.69) is 40.5 Å². The minimum absolute atomic E-state index is 0.740. The third kappa shape index (κ3) is 3.14. The van der Waals surface area contributed by atoms with Crippen LogP contribution in [0.5, 0.6) is 0 Å². The van der Waals surface area contributed by atoms with Crippen LogP contribution in [-0.2, 0) is 0 Å². The summed E-state index contributed by atoms with van der Waals surface area (Å²) in [7, 11) is 0. The lowest BCUT2D eigenvalue weighted by atomic mass is 10.2. The van der Waals surface area contributed by atoms with E-state index in [1.807, 2.05) is 54.7 Å². The second-order valence-electron chi connectivity index (χ2n) is 6.28. The lowest BCUT2D eigenvalue weighted by molar-refractivity contribution is 0.965. The molecule has 0 saturated carbocycles. The molecule has 2 heterocycles. The summed E-state index contributed by atoms with van der Waals surface area (Å²) in [6, 6.07) is 20.1. The lowest BCUT2D eigenvalue weighted by Gasteiger charge is -2.09. The topological polar surface area (TPSA) is 30.2 Å². The first kappa shape index (κ1) is 16.6. The molecule has 0 amide bonds. The van der Waals surface area contributed by atoms with E-state index < -0.39 is 0 Å². The number of hydrogen-bond donors (Lipinski definition) is 0. The Kier molecular flexibility index (Phi) is 4.31. The van der Waals surface area contributed by atoms with Gasteiger partial charge in [-0.15, -0.1) is 0 Å². The zero-order chi connectivity index (χ0) is 18.1. The van der Waals surface area contributed by atoms with Gasteiger partial charge in [-0.1, -0.05) is 17.7 Å². The maximum absolute atomic E-state index is 6.01. The van der Waals surface area contributed by atoms with Gasteiger partial charge in [-0.25, -0.2) is 0 Å². The maximum atomic E-state index is 6.01. The monoisotopic (exact) mass is 359 g/mol. The summed E-state index contributed by atoms with van der Waals surface area (Å²) in [5.74, 6) is 0. The quantitative estimate of drug-likeness (QED) is 0.410. The van der Waals surface area contributed by atoms with Crippen LogP contribution in [0.2, 0.25) is 5.02 Å². The highest BCUT2D eigenvalue weighted by molar-refractivity contribution is 6.30. The van der Waals surface area contributed by atoms with Gasteiger partial charge in [0.15, 0.2) is 0 Å². The number of aliphatic imine (C=N–C) groups is 1. The van der Waals surface area contributed by atoms with Gasteiger partial charge in [0.2, 0.25) is 0 Å². The Hall–Kier alpha value is -2.91. The van der Waals surface area contributed by atoms with E-state index in [-0.39, 0.29) is 0 Å². The van der Waals surface area contributed by atoms with Crippen molar-refractivity contribution in [2.75, 3.05) is 0 Å². The molecule has 4 rings (SSSR count). The smallest absolute Gasteiger partial charge is 0.0703 e.